The molecule has 0 saturated carbocycles. The van der Waals surface area contributed by atoms with Gasteiger partial charge in [0.1, 0.15) is 17.4 Å². The maximum atomic E-state index is 14.7. The Hall–Kier alpha value is -2.19. The molecule has 2 heterocycles. The highest BCUT2D eigenvalue weighted by atomic mass is 35.5. The Kier molecular flexibility index (Phi) is 9.46. The van der Waals surface area contributed by atoms with Crippen LogP contribution in [0.25, 0.3) is 0 Å². The Morgan fingerprint density at radius 1 is 1.14 bits per heavy atom. The van der Waals surface area contributed by atoms with Crippen molar-refractivity contribution in [1.82, 2.24) is 14.9 Å². The van der Waals surface area contributed by atoms with Crippen LogP contribution in [-0.2, 0) is 17.6 Å². The van der Waals surface area contributed by atoms with Crippen LogP contribution in [0.15, 0.2) is 18.2 Å². The highest BCUT2D eigenvalue weighted by Gasteiger charge is 2.29. The molecule has 1 saturated heterocycles. The normalized spacial score (nSPS) is 21.4. The highest BCUT2D eigenvalue weighted by Crippen LogP contribution is 2.36. The van der Waals surface area contributed by atoms with Crippen LogP contribution in [0.2, 0.25) is 5.28 Å². The molecule has 2 aromatic rings. The van der Waals surface area contributed by atoms with Gasteiger partial charge in [0.2, 0.25) is 5.28 Å². The van der Waals surface area contributed by atoms with Gasteiger partial charge >= 0.3 is 0 Å². The minimum atomic E-state index is -2.89. The fourth-order valence-electron chi connectivity index (χ4n) is 5.66. The van der Waals surface area contributed by atoms with Crippen molar-refractivity contribution < 1.29 is 18.0 Å². The SMILES string of the molecule is C[C@@H](Nc1nc(Cl)nc2c1CC(CCC(=O)CC1CCCCN(C)CC1)C2)c1cccc(C(F)F)c1F. The molecule has 1 aliphatic carbocycles. The first kappa shape index (κ1) is 27.8. The van der Waals surface area contributed by atoms with Crippen molar-refractivity contribution in [1.29, 1.82) is 0 Å². The summed E-state index contributed by atoms with van der Waals surface area (Å²) in [5, 5.41) is 3.25. The average molecular weight is 537 g/mol. The molecule has 1 aromatic carbocycles. The second-order valence-electron chi connectivity index (χ2n) is 10.7. The van der Waals surface area contributed by atoms with Gasteiger partial charge in [-0.15, -0.1) is 0 Å². The zero-order chi connectivity index (χ0) is 26.5. The van der Waals surface area contributed by atoms with Gasteiger partial charge in [-0.1, -0.05) is 24.6 Å². The van der Waals surface area contributed by atoms with E-state index in [1.807, 2.05) is 0 Å². The number of fused-ring (bicyclic) bond motifs is 1. The molecule has 3 atom stereocenters. The topological polar surface area (TPSA) is 58.1 Å². The summed E-state index contributed by atoms with van der Waals surface area (Å²) in [6, 6.07) is 3.41. The van der Waals surface area contributed by atoms with E-state index >= 15 is 0 Å². The molecule has 4 rings (SSSR count). The van der Waals surface area contributed by atoms with E-state index in [1.54, 1.807) is 6.92 Å². The molecule has 9 heteroatoms. The predicted molar refractivity (Wildman–Crippen MR) is 140 cm³/mol. The lowest BCUT2D eigenvalue weighted by atomic mass is 9.89. The smallest absolute Gasteiger partial charge is 0.266 e. The van der Waals surface area contributed by atoms with Gasteiger partial charge < -0.3 is 10.2 Å². The number of benzene rings is 1. The average Bonchev–Trinajstić information content (AvgIpc) is 3.25. The third kappa shape index (κ3) is 7.23. The number of nitrogens with zero attached hydrogens (tertiary/aromatic N) is 3. The van der Waals surface area contributed by atoms with E-state index in [0.717, 1.165) is 49.7 Å². The van der Waals surface area contributed by atoms with E-state index in [9.17, 15) is 18.0 Å². The van der Waals surface area contributed by atoms with Crippen LogP contribution in [-0.4, -0.2) is 40.8 Å². The molecule has 1 aromatic heterocycles. The predicted octanol–water partition coefficient (Wildman–Crippen LogP) is 6.96. The van der Waals surface area contributed by atoms with Crippen molar-refractivity contribution in [2.45, 2.75) is 77.2 Å². The van der Waals surface area contributed by atoms with E-state index in [1.165, 1.54) is 25.0 Å². The maximum absolute atomic E-state index is 14.7. The number of carbonyl (C=O) groups is 1. The third-order valence-electron chi connectivity index (χ3n) is 7.82. The monoisotopic (exact) mass is 536 g/mol. The van der Waals surface area contributed by atoms with Gasteiger partial charge in [0.15, 0.2) is 0 Å². The summed E-state index contributed by atoms with van der Waals surface area (Å²) in [5.74, 6) is 0.639. The lowest BCUT2D eigenvalue weighted by Crippen LogP contribution is -2.26. The van der Waals surface area contributed by atoms with Crippen LogP contribution >= 0.6 is 11.6 Å². The number of alkyl halides is 2. The van der Waals surface area contributed by atoms with Crippen molar-refractivity contribution in [3.05, 3.63) is 51.7 Å². The summed E-state index contributed by atoms with van der Waals surface area (Å²) in [6.45, 7) is 3.90. The Labute approximate surface area is 222 Å². The maximum Gasteiger partial charge on any atom is 0.266 e. The van der Waals surface area contributed by atoms with Crippen LogP contribution in [0, 0.1) is 17.7 Å². The summed E-state index contributed by atoms with van der Waals surface area (Å²) >= 11 is 6.18. The van der Waals surface area contributed by atoms with Crippen LogP contribution < -0.4 is 5.32 Å². The van der Waals surface area contributed by atoms with Gasteiger partial charge in [0, 0.05) is 24.0 Å². The van der Waals surface area contributed by atoms with E-state index < -0.39 is 23.8 Å². The zero-order valence-electron chi connectivity index (χ0n) is 21.6. The van der Waals surface area contributed by atoms with E-state index in [0.29, 0.717) is 43.2 Å². The number of ketones is 1. The molecule has 0 bridgehead atoms. The fraction of sp³-hybridized carbons (Fsp3) is 0.607. The van der Waals surface area contributed by atoms with Crippen LogP contribution in [0.3, 0.4) is 0 Å². The number of halogens is 4. The number of rotatable bonds is 9. The minimum Gasteiger partial charge on any atom is -0.363 e. The summed E-state index contributed by atoms with van der Waals surface area (Å²) in [7, 11) is 2.15. The fourth-order valence-corrected chi connectivity index (χ4v) is 5.85. The first-order valence-electron chi connectivity index (χ1n) is 13.3. The van der Waals surface area contributed by atoms with Crippen molar-refractivity contribution >= 4 is 23.2 Å². The molecule has 0 spiro atoms. The summed E-state index contributed by atoms with van der Waals surface area (Å²) in [6.07, 6.45) is 5.11. The molecule has 2 unspecified atom stereocenters. The molecule has 0 amide bonds. The van der Waals surface area contributed by atoms with Crippen molar-refractivity contribution in [3.63, 3.8) is 0 Å². The summed E-state index contributed by atoms with van der Waals surface area (Å²) < 4.78 is 41.0. The van der Waals surface area contributed by atoms with Gasteiger partial charge in [-0.25, -0.2) is 23.1 Å². The first-order chi connectivity index (χ1) is 17.7. The molecule has 5 nitrogen and oxygen atoms in total. The number of aromatic nitrogens is 2. The molecular formula is C28H36ClF3N4O. The highest BCUT2D eigenvalue weighted by molar-refractivity contribution is 6.28. The van der Waals surface area contributed by atoms with Gasteiger partial charge in [-0.05, 0) is 89.0 Å². The van der Waals surface area contributed by atoms with Crippen molar-refractivity contribution in [3.8, 4) is 0 Å². The number of carbonyl (C=O) groups excluding carboxylic acids is 1. The molecule has 1 aliphatic heterocycles. The summed E-state index contributed by atoms with van der Waals surface area (Å²) in [5.41, 5.74) is 1.26. The number of nitrogens with one attached hydrogen (secondary N) is 1. The van der Waals surface area contributed by atoms with E-state index in [2.05, 4.69) is 27.2 Å². The second kappa shape index (κ2) is 12.6. The number of Topliss-reactive ketones (excluding diaryl/α,β-unsaturated/α-hetero) is 1. The zero-order valence-corrected chi connectivity index (χ0v) is 22.3. The van der Waals surface area contributed by atoms with Crippen LogP contribution in [0.1, 0.15) is 86.7 Å². The summed E-state index contributed by atoms with van der Waals surface area (Å²) in [4.78, 5) is 23.9. The molecule has 37 heavy (non-hydrogen) atoms. The molecule has 0 radical (unpaired) electrons. The first-order valence-corrected chi connectivity index (χ1v) is 13.7. The van der Waals surface area contributed by atoms with Gasteiger partial charge in [0.25, 0.3) is 6.43 Å². The minimum absolute atomic E-state index is 0.0845. The van der Waals surface area contributed by atoms with E-state index in [-0.39, 0.29) is 16.8 Å². The Bertz CT molecular complexity index is 1100. The van der Waals surface area contributed by atoms with Gasteiger partial charge in [-0.2, -0.15) is 0 Å². The Balaban J connectivity index is 1.36. The van der Waals surface area contributed by atoms with Crippen LogP contribution in [0.4, 0.5) is 19.0 Å². The second-order valence-corrected chi connectivity index (χ2v) is 11.0. The largest absolute Gasteiger partial charge is 0.363 e. The lowest BCUT2D eigenvalue weighted by Gasteiger charge is -2.25. The van der Waals surface area contributed by atoms with Gasteiger partial charge in [-0.3, -0.25) is 4.79 Å². The van der Waals surface area contributed by atoms with E-state index in [4.69, 9.17) is 11.6 Å². The quantitative estimate of drug-likeness (QED) is 0.351. The molecule has 2 aliphatic rings. The Morgan fingerprint density at radius 3 is 2.70 bits per heavy atom. The molecule has 1 N–H and O–H groups in total. The van der Waals surface area contributed by atoms with Crippen molar-refractivity contribution in [2.24, 2.45) is 11.8 Å². The van der Waals surface area contributed by atoms with Gasteiger partial charge in [0.05, 0.1) is 17.3 Å². The molecule has 1 fully saturated rings. The van der Waals surface area contributed by atoms with Crippen LogP contribution in [0.5, 0.6) is 0 Å². The third-order valence-corrected chi connectivity index (χ3v) is 7.99. The number of anilines is 1. The Morgan fingerprint density at radius 2 is 1.92 bits per heavy atom. The molecule has 202 valence electrons. The number of likely N-dealkylation sites (tertiary alicyclic amines) is 1. The molecular weight excluding hydrogens is 501 g/mol. The lowest BCUT2D eigenvalue weighted by molar-refractivity contribution is -0.120. The standard InChI is InChI=1S/C28H36ClF3N4O/c1-17(21-7-5-8-22(25(21)30)26(31)32)33-27-23-15-19(16-24(23)34-28(29)35-27)9-10-20(37)14-18-6-3-4-12-36(2)13-11-18/h5,7-8,17-19,26H,3-4,6,9-16H2,1-2H3,(H,33,34,35)/t17-,18?,19?/m1/s1. The number of hydrogen-bond acceptors (Lipinski definition) is 5. The van der Waals surface area contributed by atoms with Crippen molar-refractivity contribution in [2.75, 3.05) is 25.5 Å². The number of hydrogen-bond donors (Lipinski definition) is 1.